The summed E-state index contributed by atoms with van der Waals surface area (Å²) in [4.78, 5) is 11.5. The Kier molecular flexibility index (Phi) is 2.17. The summed E-state index contributed by atoms with van der Waals surface area (Å²) in [7, 11) is 0. The Morgan fingerprint density at radius 2 is 1.72 bits per heavy atom. The first kappa shape index (κ1) is 11.2. The van der Waals surface area contributed by atoms with Gasteiger partial charge in [0.15, 0.2) is 5.79 Å². The SMILES string of the molecule is CC(=O)NC12CC3C[C@H](C1)C1(OCCO1)[C@@H](C3)C2. The lowest BCUT2D eigenvalue weighted by Crippen LogP contribution is -2.68. The van der Waals surface area contributed by atoms with Crippen LogP contribution in [0.25, 0.3) is 0 Å². The van der Waals surface area contributed by atoms with E-state index in [1.54, 1.807) is 6.92 Å². The van der Waals surface area contributed by atoms with Gasteiger partial charge in [0, 0.05) is 24.3 Å². The molecule has 1 heterocycles. The summed E-state index contributed by atoms with van der Waals surface area (Å²) < 4.78 is 12.1. The van der Waals surface area contributed by atoms with Crippen LogP contribution in [0, 0.1) is 17.8 Å². The molecule has 100 valence electrons. The smallest absolute Gasteiger partial charge is 0.217 e. The second kappa shape index (κ2) is 3.48. The minimum Gasteiger partial charge on any atom is -0.351 e. The number of hydrogen-bond acceptors (Lipinski definition) is 3. The lowest BCUT2D eigenvalue weighted by Gasteiger charge is -2.62. The molecule has 0 aromatic rings. The van der Waals surface area contributed by atoms with Crippen LogP contribution in [0.15, 0.2) is 0 Å². The molecule has 5 fully saturated rings. The molecular weight excluding hydrogens is 230 g/mol. The van der Waals surface area contributed by atoms with E-state index in [0.717, 1.165) is 38.4 Å². The monoisotopic (exact) mass is 251 g/mol. The molecule has 18 heavy (non-hydrogen) atoms. The van der Waals surface area contributed by atoms with Gasteiger partial charge in [-0.05, 0) is 38.0 Å². The molecule has 4 aliphatic carbocycles. The summed E-state index contributed by atoms with van der Waals surface area (Å²) in [5.41, 5.74) is 0.0445. The maximum absolute atomic E-state index is 11.5. The highest BCUT2D eigenvalue weighted by Crippen LogP contribution is 2.62. The van der Waals surface area contributed by atoms with Crippen LogP contribution in [0.1, 0.15) is 39.0 Å². The highest BCUT2D eigenvalue weighted by Gasteiger charge is 2.65. The van der Waals surface area contributed by atoms with E-state index in [1.807, 2.05) is 0 Å². The molecular formula is C14H21NO3. The van der Waals surface area contributed by atoms with Crippen LogP contribution < -0.4 is 5.32 Å². The second-order valence-electron chi connectivity index (χ2n) is 6.72. The Morgan fingerprint density at radius 1 is 1.11 bits per heavy atom. The summed E-state index contributed by atoms with van der Waals surface area (Å²) in [6.07, 6.45) is 5.69. The predicted molar refractivity (Wildman–Crippen MR) is 64.7 cm³/mol. The Hall–Kier alpha value is -0.610. The third-order valence-corrected chi connectivity index (χ3v) is 5.51. The van der Waals surface area contributed by atoms with Crippen LogP contribution >= 0.6 is 0 Å². The third-order valence-electron chi connectivity index (χ3n) is 5.51. The molecule has 4 saturated carbocycles. The first-order valence-electron chi connectivity index (χ1n) is 7.19. The van der Waals surface area contributed by atoms with Crippen LogP contribution in [0.3, 0.4) is 0 Å². The van der Waals surface area contributed by atoms with E-state index >= 15 is 0 Å². The zero-order chi connectivity index (χ0) is 12.4. The number of amides is 1. The standard InChI is InChI=1S/C14H21NO3/c1-9(16)15-13-6-10-4-11(7-13)14(12(5-10)8-13)17-2-3-18-14/h10-12H,2-8H2,1H3,(H,15,16)/t10?,11-,12+,13?. The van der Waals surface area contributed by atoms with E-state index in [-0.39, 0.29) is 17.2 Å². The summed E-state index contributed by atoms with van der Waals surface area (Å²) >= 11 is 0. The van der Waals surface area contributed by atoms with Crippen LogP contribution in [0.4, 0.5) is 0 Å². The third kappa shape index (κ3) is 1.36. The van der Waals surface area contributed by atoms with Crippen LogP contribution in [-0.4, -0.2) is 30.4 Å². The molecule has 1 aliphatic heterocycles. The summed E-state index contributed by atoms with van der Waals surface area (Å²) in [6, 6.07) is 0. The van der Waals surface area contributed by atoms with Crippen molar-refractivity contribution in [1.82, 2.24) is 5.32 Å². The number of ether oxygens (including phenoxy) is 2. The first-order valence-corrected chi connectivity index (χ1v) is 7.19. The normalized spacial score (nSPS) is 47.7. The van der Waals surface area contributed by atoms with Gasteiger partial charge in [0.2, 0.25) is 5.91 Å². The number of hydrogen-bond donors (Lipinski definition) is 1. The maximum atomic E-state index is 11.5. The van der Waals surface area contributed by atoms with Gasteiger partial charge in [-0.2, -0.15) is 0 Å². The van der Waals surface area contributed by atoms with E-state index in [0.29, 0.717) is 11.8 Å². The highest BCUT2D eigenvalue weighted by molar-refractivity contribution is 5.74. The first-order chi connectivity index (χ1) is 8.62. The summed E-state index contributed by atoms with van der Waals surface area (Å²) in [5, 5.41) is 3.24. The summed E-state index contributed by atoms with van der Waals surface area (Å²) in [5.74, 6) is 1.54. The van der Waals surface area contributed by atoms with Crippen molar-refractivity contribution in [2.75, 3.05) is 13.2 Å². The Balaban J connectivity index is 1.66. The topological polar surface area (TPSA) is 47.6 Å². The zero-order valence-corrected chi connectivity index (χ0v) is 10.9. The minimum absolute atomic E-state index is 0.0445. The van der Waals surface area contributed by atoms with Gasteiger partial charge in [0.25, 0.3) is 0 Å². The summed E-state index contributed by atoms with van der Waals surface area (Å²) in [6.45, 7) is 3.12. The van der Waals surface area contributed by atoms with E-state index in [4.69, 9.17) is 9.47 Å². The Labute approximate surface area is 107 Å². The fourth-order valence-electron chi connectivity index (χ4n) is 5.37. The van der Waals surface area contributed by atoms with Gasteiger partial charge in [-0.1, -0.05) is 0 Å². The lowest BCUT2D eigenvalue weighted by molar-refractivity contribution is -0.293. The molecule has 0 aromatic carbocycles. The van der Waals surface area contributed by atoms with Gasteiger partial charge in [-0.3, -0.25) is 4.79 Å². The number of rotatable bonds is 1. The van der Waals surface area contributed by atoms with Gasteiger partial charge in [0.05, 0.1) is 13.2 Å². The van der Waals surface area contributed by atoms with Crippen molar-refractivity contribution in [2.45, 2.75) is 50.4 Å². The van der Waals surface area contributed by atoms with Crippen molar-refractivity contribution in [2.24, 2.45) is 17.8 Å². The largest absolute Gasteiger partial charge is 0.351 e. The fourth-order valence-corrected chi connectivity index (χ4v) is 5.37. The van der Waals surface area contributed by atoms with E-state index in [1.165, 1.54) is 12.8 Å². The van der Waals surface area contributed by atoms with Crippen LogP contribution in [0.5, 0.6) is 0 Å². The molecule has 0 radical (unpaired) electrons. The maximum Gasteiger partial charge on any atom is 0.217 e. The predicted octanol–water partition coefficient (Wildman–Crippen LogP) is 1.44. The average molecular weight is 251 g/mol. The van der Waals surface area contributed by atoms with Crippen LogP contribution in [-0.2, 0) is 14.3 Å². The quantitative estimate of drug-likeness (QED) is 0.767. The fraction of sp³-hybridized carbons (Fsp3) is 0.929. The van der Waals surface area contributed by atoms with Gasteiger partial charge in [-0.15, -0.1) is 0 Å². The molecule has 1 N–H and O–H groups in total. The molecule has 0 aromatic heterocycles. The molecule has 1 amide bonds. The highest BCUT2D eigenvalue weighted by atomic mass is 16.7. The number of nitrogens with one attached hydrogen (secondary N) is 1. The molecule has 4 atom stereocenters. The van der Waals surface area contributed by atoms with Gasteiger partial charge in [0.1, 0.15) is 0 Å². The molecule has 4 bridgehead atoms. The lowest BCUT2D eigenvalue weighted by atomic mass is 9.50. The minimum atomic E-state index is -0.293. The van der Waals surface area contributed by atoms with Crippen molar-refractivity contribution in [1.29, 1.82) is 0 Å². The molecule has 1 saturated heterocycles. The van der Waals surface area contributed by atoms with Gasteiger partial charge >= 0.3 is 0 Å². The second-order valence-corrected chi connectivity index (χ2v) is 6.72. The Bertz CT molecular complexity index is 371. The Morgan fingerprint density at radius 3 is 2.28 bits per heavy atom. The molecule has 4 heteroatoms. The van der Waals surface area contributed by atoms with Crippen molar-refractivity contribution < 1.29 is 14.3 Å². The molecule has 1 spiro atoms. The zero-order valence-electron chi connectivity index (χ0n) is 10.9. The molecule has 2 unspecified atom stereocenters. The molecule has 5 aliphatic rings. The van der Waals surface area contributed by atoms with E-state index in [9.17, 15) is 4.79 Å². The molecule has 5 rings (SSSR count). The number of carbonyl (C=O) groups is 1. The van der Waals surface area contributed by atoms with E-state index in [2.05, 4.69) is 5.32 Å². The van der Waals surface area contributed by atoms with Crippen molar-refractivity contribution in [3.63, 3.8) is 0 Å². The average Bonchev–Trinajstić information content (AvgIpc) is 2.73. The van der Waals surface area contributed by atoms with Crippen molar-refractivity contribution >= 4 is 5.91 Å². The van der Waals surface area contributed by atoms with Crippen LogP contribution in [0.2, 0.25) is 0 Å². The number of carbonyl (C=O) groups excluding carboxylic acids is 1. The van der Waals surface area contributed by atoms with Gasteiger partial charge in [-0.25, -0.2) is 0 Å². The van der Waals surface area contributed by atoms with Crippen molar-refractivity contribution in [3.8, 4) is 0 Å². The molecule has 4 nitrogen and oxygen atoms in total. The van der Waals surface area contributed by atoms with E-state index < -0.39 is 0 Å². The van der Waals surface area contributed by atoms with Gasteiger partial charge < -0.3 is 14.8 Å². The van der Waals surface area contributed by atoms with Crippen molar-refractivity contribution in [3.05, 3.63) is 0 Å².